The van der Waals surface area contributed by atoms with Crippen molar-refractivity contribution in [1.29, 1.82) is 0 Å². The first kappa shape index (κ1) is 22.8. The molecule has 4 nitrogen and oxygen atoms in total. The number of hydrogen-bond donors (Lipinski definition) is 1. The lowest BCUT2D eigenvalue weighted by atomic mass is 9.98. The Morgan fingerprint density at radius 1 is 0.737 bits per heavy atom. The van der Waals surface area contributed by atoms with E-state index in [1.807, 2.05) is 13.1 Å². The predicted molar refractivity (Wildman–Crippen MR) is 154 cm³/mol. The van der Waals surface area contributed by atoms with Crippen molar-refractivity contribution in [2.45, 2.75) is 32.1 Å². The Balaban J connectivity index is 1.19. The molecule has 1 saturated heterocycles. The monoisotopic (exact) mass is 494 g/mol. The number of benzene rings is 3. The van der Waals surface area contributed by atoms with E-state index in [9.17, 15) is 0 Å². The Kier molecular flexibility index (Phi) is 5.49. The lowest BCUT2D eigenvalue weighted by molar-refractivity contribution is 0.365. The lowest BCUT2D eigenvalue weighted by Gasteiger charge is -2.15. The van der Waals surface area contributed by atoms with Crippen molar-refractivity contribution in [2.75, 3.05) is 0 Å². The maximum Gasteiger partial charge on any atom is 0.141 e. The van der Waals surface area contributed by atoms with Crippen LogP contribution in [0.5, 0.6) is 0 Å². The summed E-state index contributed by atoms with van der Waals surface area (Å²) in [7, 11) is 0. The molecule has 3 aliphatic rings. The van der Waals surface area contributed by atoms with Crippen molar-refractivity contribution in [3.8, 4) is 11.1 Å². The van der Waals surface area contributed by atoms with Crippen LogP contribution in [-0.2, 0) is 0 Å². The number of hydrogen-bond acceptors (Lipinski definition) is 4. The number of nitrogens with one attached hydrogen (secondary N) is 1. The first-order chi connectivity index (χ1) is 18.7. The summed E-state index contributed by atoms with van der Waals surface area (Å²) < 4.78 is 0. The lowest BCUT2D eigenvalue weighted by Crippen LogP contribution is -2.20. The largest absolute Gasteiger partial charge is 0.384 e. The van der Waals surface area contributed by atoms with Crippen molar-refractivity contribution in [2.24, 2.45) is 0 Å². The van der Waals surface area contributed by atoms with Gasteiger partial charge >= 0.3 is 0 Å². The number of dihydropyridines is 1. The second-order valence-electron chi connectivity index (χ2n) is 10.3. The zero-order valence-corrected chi connectivity index (χ0v) is 21.6. The highest BCUT2D eigenvalue weighted by Crippen LogP contribution is 2.58. The summed E-state index contributed by atoms with van der Waals surface area (Å²) >= 11 is 0. The van der Waals surface area contributed by atoms with Crippen molar-refractivity contribution in [3.05, 3.63) is 150 Å². The molecule has 0 saturated carbocycles. The fourth-order valence-corrected chi connectivity index (χ4v) is 5.52. The number of aromatic nitrogens is 1. The van der Waals surface area contributed by atoms with Crippen molar-refractivity contribution in [3.63, 3.8) is 0 Å². The van der Waals surface area contributed by atoms with Gasteiger partial charge in [-0.15, -0.1) is 0 Å². The van der Waals surface area contributed by atoms with Crippen LogP contribution in [0.3, 0.4) is 0 Å². The molecule has 3 aromatic carbocycles. The van der Waals surface area contributed by atoms with Crippen LogP contribution in [0.25, 0.3) is 22.4 Å². The van der Waals surface area contributed by atoms with Gasteiger partial charge in [-0.05, 0) is 59.4 Å². The van der Waals surface area contributed by atoms with Gasteiger partial charge in [-0.3, -0.25) is 9.99 Å². The molecule has 1 aromatic heterocycles. The summed E-state index contributed by atoms with van der Waals surface area (Å²) in [6.45, 7) is 4.18. The van der Waals surface area contributed by atoms with E-state index in [0.717, 1.165) is 11.3 Å². The Bertz CT molecular complexity index is 1550. The van der Waals surface area contributed by atoms with Gasteiger partial charge in [0.05, 0.1) is 11.7 Å². The molecular weight excluding hydrogens is 464 g/mol. The number of rotatable bonds is 5. The number of hydrazine groups is 1. The average molecular weight is 495 g/mol. The molecule has 1 fully saturated rings. The smallest absolute Gasteiger partial charge is 0.141 e. The molecule has 3 aliphatic heterocycles. The van der Waals surface area contributed by atoms with Crippen LogP contribution in [0.4, 0.5) is 0 Å². The summed E-state index contributed by atoms with van der Waals surface area (Å²) in [4.78, 5) is 4.47. The van der Waals surface area contributed by atoms with Crippen LogP contribution in [0, 0.1) is 6.92 Å². The van der Waals surface area contributed by atoms with Gasteiger partial charge in [-0.25, -0.2) is 0 Å². The number of aryl methyl sites for hydroxylation is 1. The molecule has 0 radical (unpaired) electrons. The van der Waals surface area contributed by atoms with Crippen molar-refractivity contribution in [1.82, 2.24) is 20.3 Å². The minimum atomic E-state index is 0.190. The zero-order chi connectivity index (χ0) is 25.6. The molecule has 0 spiro atoms. The molecule has 4 aromatic rings. The molecule has 0 amide bonds. The third-order valence-electron chi connectivity index (χ3n) is 7.70. The molecule has 4 unspecified atom stereocenters. The van der Waals surface area contributed by atoms with Gasteiger partial charge in [0.1, 0.15) is 6.17 Å². The Hall–Kier alpha value is -4.41. The van der Waals surface area contributed by atoms with E-state index in [1.165, 1.54) is 39.1 Å². The SMILES string of the molecule is Cc1ccc(-c2ccc(C3C=C(c4ccccc4)N4C(c5ccc(C6=CNC(C)C=C6)cc5)N34)cc2)cn1. The minimum absolute atomic E-state index is 0.190. The molecule has 4 heterocycles. The van der Waals surface area contributed by atoms with Crippen LogP contribution in [0.2, 0.25) is 0 Å². The Morgan fingerprint density at radius 3 is 2.13 bits per heavy atom. The fraction of sp³-hybridized carbons (Fsp3) is 0.147. The van der Waals surface area contributed by atoms with Gasteiger partial charge in [-0.2, -0.15) is 5.01 Å². The average Bonchev–Trinajstić information content (AvgIpc) is 3.57. The zero-order valence-electron chi connectivity index (χ0n) is 21.6. The number of allylic oxidation sites excluding steroid dienone is 2. The fourth-order valence-electron chi connectivity index (χ4n) is 5.52. The van der Waals surface area contributed by atoms with E-state index in [1.54, 1.807) is 0 Å². The third kappa shape index (κ3) is 4.04. The Morgan fingerprint density at radius 2 is 1.45 bits per heavy atom. The van der Waals surface area contributed by atoms with Crippen LogP contribution >= 0.6 is 0 Å². The second-order valence-corrected chi connectivity index (χ2v) is 10.3. The topological polar surface area (TPSA) is 30.9 Å². The first-order valence-electron chi connectivity index (χ1n) is 13.3. The number of fused-ring (bicyclic) bond motifs is 1. The summed E-state index contributed by atoms with van der Waals surface area (Å²) in [5.41, 5.74) is 10.9. The van der Waals surface area contributed by atoms with Gasteiger partial charge < -0.3 is 5.32 Å². The van der Waals surface area contributed by atoms with E-state index in [2.05, 4.69) is 143 Å². The molecule has 0 aliphatic carbocycles. The van der Waals surface area contributed by atoms with Crippen LogP contribution < -0.4 is 5.32 Å². The molecule has 7 rings (SSSR count). The molecule has 38 heavy (non-hydrogen) atoms. The standard InChI is InChI=1S/C34H30N4/c1-23-8-10-30(21-35-23)25-12-16-28(17-13-25)33-20-32(27-6-4-3-5-7-27)37-34(38(33)37)29-18-14-26(15-19-29)31-11-9-24(2)36-22-31/h3-22,24,33-34,36H,1-2H3. The summed E-state index contributed by atoms with van der Waals surface area (Å²) in [5, 5.41) is 8.33. The summed E-state index contributed by atoms with van der Waals surface area (Å²) in [6, 6.07) is 33.5. The van der Waals surface area contributed by atoms with E-state index >= 15 is 0 Å². The molecule has 4 heteroatoms. The highest BCUT2D eigenvalue weighted by Gasteiger charge is 2.55. The molecule has 0 bridgehead atoms. The van der Waals surface area contributed by atoms with Crippen LogP contribution in [0.1, 0.15) is 47.1 Å². The van der Waals surface area contributed by atoms with Gasteiger partial charge in [0.2, 0.25) is 0 Å². The molecule has 186 valence electrons. The van der Waals surface area contributed by atoms with Crippen LogP contribution in [-0.4, -0.2) is 21.0 Å². The van der Waals surface area contributed by atoms with E-state index in [0.29, 0.717) is 6.04 Å². The highest BCUT2D eigenvalue weighted by atomic mass is 15.9. The van der Waals surface area contributed by atoms with Gasteiger partial charge in [0, 0.05) is 29.7 Å². The van der Waals surface area contributed by atoms with E-state index in [4.69, 9.17) is 0 Å². The maximum atomic E-state index is 4.47. The van der Waals surface area contributed by atoms with Crippen molar-refractivity contribution >= 4 is 11.3 Å². The minimum Gasteiger partial charge on any atom is -0.384 e. The van der Waals surface area contributed by atoms with Crippen molar-refractivity contribution < 1.29 is 0 Å². The maximum absolute atomic E-state index is 4.47. The third-order valence-corrected chi connectivity index (χ3v) is 7.70. The van der Waals surface area contributed by atoms with Crippen LogP contribution in [0.15, 0.2) is 122 Å². The van der Waals surface area contributed by atoms with E-state index in [-0.39, 0.29) is 12.2 Å². The van der Waals surface area contributed by atoms with E-state index < -0.39 is 0 Å². The number of pyridine rings is 1. The second kappa shape index (κ2) is 9.16. The predicted octanol–water partition coefficient (Wildman–Crippen LogP) is 7.27. The molecule has 4 atom stereocenters. The first-order valence-corrected chi connectivity index (χ1v) is 13.3. The molecular formula is C34H30N4. The Labute approximate surface area is 224 Å². The highest BCUT2D eigenvalue weighted by molar-refractivity contribution is 5.75. The normalized spacial score (nSPS) is 23.4. The van der Waals surface area contributed by atoms with Gasteiger partial charge in [-0.1, -0.05) is 97.1 Å². The summed E-state index contributed by atoms with van der Waals surface area (Å²) in [6.07, 6.45) is 11.1. The van der Waals surface area contributed by atoms with Gasteiger partial charge in [0.15, 0.2) is 0 Å². The quantitative estimate of drug-likeness (QED) is 0.296. The summed E-state index contributed by atoms with van der Waals surface area (Å²) in [5.74, 6) is 0. The van der Waals surface area contributed by atoms with Gasteiger partial charge in [0.25, 0.3) is 0 Å². The number of nitrogens with zero attached hydrogens (tertiary/aromatic N) is 3. The molecule has 1 N–H and O–H groups in total.